The first-order valence-electron chi connectivity index (χ1n) is 25.8. The van der Waals surface area contributed by atoms with E-state index in [1.807, 2.05) is 24.3 Å². The molecule has 3 heterocycles. The topological polar surface area (TPSA) is 55.7 Å². The van der Waals surface area contributed by atoms with Crippen molar-refractivity contribution in [3.63, 3.8) is 0 Å². The average Bonchev–Trinajstić information content (AvgIpc) is 3.64. The molecule has 384 valence electrons. The van der Waals surface area contributed by atoms with Crippen LogP contribution in [0, 0.1) is 0 Å². The Morgan fingerprint density at radius 1 is 0.269 bits per heavy atom. The molecule has 0 aliphatic rings. The second kappa shape index (κ2) is 25.8. The van der Waals surface area contributed by atoms with E-state index in [0.29, 0.717) is 17.9 Å². The molecule has 0 bridgehead atoms. The standard InChI is InChI=1S/C44H38Cl2P2.C20H16N2.C6H5NO/c45-47(39-19-7-1-8-20-39,40-21-9-2-10-22-40,41-23-11-3-12-24-41)35-37-31-33-38(34-32-37)36-48(46,42-25-13-4-14-26-42,43-27-15-5-16-28-43)44-29-17-6-18-30-44;1-2-18(6-8-20-11-15-22-16-12-20)4-3-17(1)5-7-19-9-13-21-14-10-19;8-5-6-1-3-7-4-2-6/h1-34H,35-36H2;1-16H;1-5H/b;7-5+,8-6+;. The van der Waals surface area contributed by atoms with Crippen LogP contribution in [-0.4, -0.2) is 21.2 Å². The maximum absolute atomic E-state index is 9.98. The summed E-state index contributed by atoms with van der Waals surface area (Å²) in [6.45, 7) is 0. The summed E-state index contributed by atoms with van der Waals surface area (Å²) in [5.74, 6) is -6.94. The van der Waals surface area contributed by atoms with E-state index in [0.717, 1.165) is 49.2 Å². The van der Waals surface area contributed by atoms with Gasteiger partial charge in [0.2, 0.25) is 0 Å². The van der Waals surface area contributed by atoms with Crippen molar-refractivity contribution >= 4 is 96.8 Å². The molecule has 0 radical (unpaired) electrons. The Morgan fingerprint density at radius 2 is 0.474 bits per heavy atom. The Bertz CT molecular complexity index is 3220. The summed E-state index contributed by atoms with van der Waals surface area (Å²) in [5, 5.41) is 6.97. The van der Waals surface area contributed by atoms with Crippen LogP contribution in [0.1, 0.15) is 43.7 Å². The SMILES string of the molecule is C(=C\c1ccc(/C=C/c2ccncc2)cc1)/c1ccncc1.ClP(Cc1ccc(CP(Cl)(c2ccccc2)(c2ccccc2)c2ccccc2)cc1)(c1ccccc1)(c1ccccc1)c1ccccc1.O=Cc1ccncc1. The first-order valence-corrected chi connectivity index (χ1v) is 32.4. The summed E-state index contributed by atoms with van der Waals surface area (Å²) in [6, 6.07) is 92.9. The Hall–Kier alpha value is -8.20. The molecule has 0 saturated carbocycles. The van der Waals surface area contributed by atoms with Crippen LogP contribution < -0.4 is 31.8 Å². The van der Waals surface area contributed by atoms with Crippen molar-refractivity contribution in [2.45, 2.75) is 12.3 Å². The van der Waals surface area contributed by atoms with Crippen molar-refractivity contribution in [3.8, 4) is 0 Å². The van der Waals surface area contributed by atoms with E-state index in [1.54, 1.807) is 49.3 Å². The third-order valence-electron chi connectivity index (χ3n) is 13.9. The smallest absolute Gasteiger partial charge is 0.150 e. The first-order chi connectivity index (χ1) is 38.3. The molecule has 0 atom stereocenters. The molecule has 11 rings (SSSR count). The molecule has 0 aliphatic carbocycles. The molecule has 0 spiro atoms. The first kappa shape index (κ1) is 54.6. The van der Waals surface area contributed by atoms with Gasteiger partial charge < -0.3 is 0 Å². The zero-order valence-corrected chi connectivity index (χ0v) is 46.4. The molecular formula is C70H59Cl2N3OP2. The fourth-order valence-electron chi connectivity index (χ4n) is 9.81. The molecule has 0 unspecified atom stereocenters. The van der Waals surface area contributed by atoms with Gasteiger partial charge in [-0.2, -0.15) is 0 Å². The van der Waals surface area contributed by atoms with Gasteiger partial charge in [0.15, 0.2) is 0 Å². The Morgan fingerprint density at radius 3 is 0.679 bits per heavy atom. The number of aldehydes is 1. The summed E-state index contributed by atoms with van der Waals surface area (Å²) < 4.78 is 0. The van der Waals surface area contributed by atoms with Gasteiger partial charge in [-0.3, -0.25) is 19.7 Å². The van der Waals surface area contributed by atoms with Crippen molar-refractivity contribution in [2.75, 3.05) is 0 Å². The minimum atomic E-state index is -3.47. The molecule has 3 aromatic heterocycles. The van der Waals surface area contributed by atoms with Gasteiger partial charge in [-0.1, -0.05) is 48.6 Å². The second-order valence-electron chi connectivity index (χ2n) is 18.8. The molecule has 78 heavy (non-hydrogen) atoms. The minimum Gasteiger partial charge on any atom is -0.298 e. The zero-order chi connectivity index (χ0) is 53.8. The van der Waals surface area contributed by atoms with Crippen LogP contribution >= 0.6 is 34.4 Å². The number of rotatable bonds is 15. The number of carbonyl (C=O) groups is 1. The van der Waals surface area contributed by atoms with Crippen LogP contribution in [-0.2, 0) is 12.3 Å². The van der Waals surface area contributed by atoms with Crippen LogP contribution in [0.15, 0.2) is 304 Å². The number of hydrogen-bond donors (Lipinski definition) is 0. The number of halogens is 2. The molecule has 0 saturated heterocycles. The summed E-state index contributed by atoms with van der Waals surface area (Å²) >= 11 is 16.9. The number of pyridine rings is 3. The zero-order valence-electron chi connectivity index (χ0n) is 43.1. The monoisotopic (exact) mass is 1090 g/mol. The summed E-state index contributed by atoms with van der Waals surface area (Å²) in [6.07, 6.45) is 20.9. The molecule has 4 nitrogen and oxygen atoms in total. The van der Waals surface area contributed by atoms with E-state index < -0.39 is 11.9 Å². The van der Waals surface area contributed by atoms with Crippen LogP contribution in [0.2, 0.25) is 0 Å². The van der Waals surface area contributed by atoms with Crippen molar-refractivity contribution in [1.82, 2.24) is 15.0 Å². The fraction of sp³-hybridized carbons (Fsp3) is 0.0286. The van der Waals surface area contributed by atoms with Crippen molar-refractivity contribution in [3.05, 3.63) is 343 Å². The number of aromatic nitrogens is 3. The van der Waals surface area contributed by atoms with Gasteiger partial charge >= 0.3 is 296 Å². The van der Waals surface area contributed by atoms with Gasteiger partial charge in [-0.25, -0.2) is 0 Å². The quantitative estimate of drug-likeness (QED) is 0.0758. The molecule has 0 fully saturated rings. The van der Waals surface area contributed by atoms with Crippen molar-refractivity contribution < 1.29 is 4.79 Å². The Balaban J connectivity index is 0.000000201. The van der Waals surface area contributed by atoms with Crippen molar-refractivity contribution in [1.29, 1.82) is 0 Å². The van der Waals surface area contributed by atoms with Gasteiger partial charge in [0.05, 0.1) is 0 Å². The fourth-order valence-corrected chi connectivity index (χ4v) is 22.1. The normalized spacial score (nSPS) is 12.3. The van der Waals surface area contributed by atoms with Crippen LogP contribution in [0.5, 0.6) is 0 Å². The average molecular weight is 1090 g/mol. The number of benzene rings is 8. The van der Waals surface area contributed by atoms with Crippen LogP contribution in [0.25, 0.3) is 24.3 Å². The molecule has 8 heteroatoms. The molecule has 11 aromatic rings. The third kappa shape index (κ3) is 12.5. The number of hydrogen-bond acceptors (Lipinski definition) is 4. The summed E-state index contributed by atoms with van der Waals surface area (Å²) in [5.41, 5.74) is 7.71. The van der Waals surface area contributed by atoms with E-state index in [9.17, 15) is 4.79 Å². The van der Waals surface area contributed by atoms with E-state index in [4.69, 9.17) is 22.5 Å². The van der Waals surface area contributed by atoms with E-state index >= 15 is 0 Å². The van der Waals surface area contributed by atoms with Gasteiger partial charge in [-0.05, 0) is 58.7 Å². The van der Waals surface area contributed by atoms with Gasteiger partial charge in [0.1, 0.15) is 6.29 Å². The maximum atomic E-state index is 9.98. The third-order valence-corrected chi connectivity index (χ3v) is 28.3. The van der Waals surface area contributed by atoms with Gasteiger partial charge in [0.25, 0.3) is 0 Å². The van der Waals surface area contributed by atoms with Gasteiger partial charge in [-0.15, -0.1) is 0 Å². The maximum Gasteiger partial charge on any atom is 0.150 e. The predicted octanol–water partition coefficient (Wildman–Crippen LogP) is 15.8. The second-order valence-corrected chi connectivity index (χ2v) is 31.7. The minimum absolute atomic E-state index is 0.667. The van der Waals surface area contributed by atoms with Crippen molar-refractivity contribution in [2.24, 2.45) is 0 Å². The summed E-state index contributed by atoms with van der Waals surface area (Å²) in [7, 11) is 0. The van der Waals surface area contributed by atoms with Crippen LogP contribution in [0.3, 0.4) is 0 Å². The molecule has 8 aromatic carbocycles. The predicted molar refractivity (Wildman–Crippen MR) is 338 cm³/mol. The molecule has 0 aliphatic heterocycles. The van der Waals surface area contributed by atoms with Crippen LogP contribution in [0.4, 0.5) is 0 Å². The van der Waals surface area contributed by atoms with E-state index in [1.165, 1.54) is 22.3 Å². The Labute approximate surface area is 469 Å². The molecular weight excluding hydrogens is 1030 g/mol. The Kier molecular flexibility index (Phi) is 18.0. The number of nitrogens with zero attached hydrogens (tertiary/aromatic N) is 3. The van der Waals surface area contributed by atoms with Gasteiger partial charge in [0, 0.05) is 42.7 Å². The molecule has 0 amide bonds. The molecule has 0 N–H and O–H groups in total. The van der Waals surface area contributed by atoms with E-state index in [-0.39, 0.29) is 0 Å². The largest absolute Gasteiger partial charge is 0.298 e. The summed E-state index contributed by atoms with van der Waals surface area (Å²) in [4.78, 5) is 21.7. The number of carbonyl (C=O) groups excluding carboxylic acids is 1. The van der Waals surface area contributed by atoms with E-state index in [2.05, 4.69) is 270 Å².